The molecule has 4 aromatic rings. The Morgan fingerprint density at radius 2 is 1.08 bits per heavy atom. The third-order valence-electron chi connectivity index (χ3n) is 8.13. The molecule has 0 N–H and O–H groups in total. The summed E-state index contributed by atoms with van der Waals surface area (Å²) in [5.41, 5.74) is 14.4. The second-order valence-electron chi connectivity index (χ2n) is 15.4. The van der Waals surface area contributed by atoms with E-state index in [-0.39, 0.29) is 41.1 Å². The van der Waals surface area contributed by atoms with Crippen molar-refractivity contribution in [3.63, 3.8) is 0 Å². The molecule has 0 unspecified atom stereocenters. The summed E-state index contributed by atoms with van der Waals surface area (Å²) in [4.78, 5) is 0. The van der Waals surface area contributed by atoms with Crippen molar-refractivity contribution >= 4 is 29.0 Å². The summed E-state index contributed by atoms with van der Waals surface area (Å²) in [7, 11) is 0. The molecule has 0 aliphatic heterocycles. The average molecular weight is 773 g/mol. The van der Waals surface area contributed by atoms with Crippen LogP contribution in [0.15, 0.2) is 96.1 Å². The second kappa shape index (κ2) is 21.1. The average Bonchev–Trinajstić information content (AvgIpc) is 3.62. The number of aryl methyl sites for hydroxylation is 2. The minimum absolute atomic E-state index is 0. The van der Waals surface area contributed by atoms with Gasteiger partial charge in [-0.2, -0.15) is 107 Å². The Morgan fingerprint density at radius 1 is 0.612 bits per heavy atom. The fourth-order valence-electron chi connectivity index (χ4n) is 5.33. The number of halogens is 2. The topological polar surface area (TPSA) is 0 Å². The first-order valence-electron chi connectivity index (χ1n) is 16.6. The van der Waals surface area contributed by atoms with Gasteiger partial charge in [0, 0.05) is 0 Å². The predicted octanol–water partition coefficient (Wildman–Crippen LogP) is 13.2. The van der Waals surface area contributed by atoms with Gasteiger partial charge in [0.25, 0.3) is 0 Å². The molecule has 0 atom stereocenters. The molecule has 264 valence electrons. The monoisotopic (exact) mass is 770 g/mol. The Kier molecular flexibility index (Phi) is 20.2. The fraction of sp³-hybridized carbons (Fsp3) is 0.370. The van der Waals surface area contributed by atoms with Gasteiger partial charge in [0.2, 0.25) is 0 Å². The molecule has 3 heteroatoms. The Hall–Kier alpha value is -2.31. The van der Waals surface area contributed by atoms with Crippen LogP contribution in [0.3, 0.4) is 0 Å². The minimum atomic E-state index is 0. The summed E-state index contributed by atoms with van der Waals surface area (Å²) >= 11 is 1.30. The Morgan fingerprint density at radius 3 is 1.43 bits per heavy atom. The van der Waals surface area contributed by atoms with Crippen LogP contribution in [0.25, 0.3) is 11.1 Å². The molecule has 0 fully saturated rings. The zero-order valence-corrected chi connectivity index (χ0v) is 36.1. The third-order valence-corrected chi connectivity index (χ3v) is 8.13. The van der Waals surface area contributed by atoms with Crippen molar-refractivity contribution in [1.29, 1.82) is 0 Å². The van der Waals surface area contributed by atoms with Gasteiger partial charge >= 0.3 is 28.4 Å². The SMILES string of the molecule is CC(C)(C)c1c[c-]c2c(c1)-c1cc(C(C)(C)C)ccc1C2.CC1=CC[C-]=C1C(C)(C)C.Cc1cc[c-]cc1.Cc1cc[c-]cc1.Cl.Cl.[CH2]=[Zr]. The van der Waals surface area contributed by atoms with Gasteiger partial charge in [-0.05, 0) is 22.8 Å². The third kappa shape index (κ3) is 15.2. The molecule has 0 saturated heterocycles. The van der Waals surface area contributed by atoms with Crippen LogP contribution in [0.5, 0.6) is 0 Å². The summed E-state index contributed by atoms with van der Waals surface area (Å²) in [5, 5.41) is 0. The van der Waals surface area contributed by atoms with Gasteiger partial charge in [-0.3, -0.25) is 6.08 Å². The zero-order chi connectivity index (χ0) is 35.4. The number of hydrogen-bond acceptors (Lipinski definition) is 0. The van der Waals surface area contributed by atoms with E-state index >= 15 is 0 Å². The number of rotatable bonds is 0. The number of allylic oxidation sites excluding steroid dienone is 4. The van der Waals surface area contributed by atoms with Gasteiger partial charge in [0.1, 0.15) is 0 Å². The zero-order valence-electron chi connectivity index (χ0n) is 32.0. The summed E-state index contributed by atoms with van der Waals surface area (Å²) in [5.74, 6) is 0. The normalized spacial score (nSPS) is 12.4. The van der Waals surface area contributed by atoms with Crippen LogP contribution in [0.1, 0.15) is 109 Å². The molecule has 0 heterocycles. The van der Waals surface area contributed by atoms with Crippen LogP contribution in [0.2, 0.25) is 0 Å². The molecule has 0 saturated carbocycles. The van der Waals surface area contributed by atoms with Gasteiger partial charge in [-0.1, -0.05) is 111 Å². The van der Waals surface area contributed by atoms with Crippen molar-refractivity contribution in [1.82, 2.24) is 0 Å². The molecule has 0 spiro atoms. The Bertz CT molecular complexity index is 1510. The first kappa shape index (κ1) is 46.7. The van der Waals surface area contributed by atoms with Crippen molar-refractivity contribution in [2.45, 2.75) is 107 Å². The predicted molar refractivity (Wildman–Crippen MR) is 217 cm³/mol. The van der Waals surface area contributed by atoms with E-state index in [4.69, 9.17) is 0 Å². The van der Waals surface area contributed by atoms with E-state index in [1.165, 1.54) is 79.9 Å². The fourth-order valence-corrected chi connectivity index (χ4v) is 5.33. The first-order valence-corrected chi connectivity index (χ1v) is 18.4. The van der Waals surface area contributed by atoms with E-state index < -0.39 is 0 Å². The van der Waals surface area contributed by atoms with Crippen LogP contribution in [-0.4, -0.2) is 4.21 Å². The second-order valence-corrected chi connectivity index (χ2v) is 15.4. The molecule has 0 nitrogen and oxygen atoms in total. The molecule has 2 aliphatic carbocycles. The van der Waals surface area contributed by atoms with Crippen molar-refractivity contribution in [3.8, 4) is 11.1 Å². The molecule has 6 rings (SSSR count). The van der Waals surface area contributed by atoms with Crippen molar-refractivity contribution in [2.24, 2.45) is 5.41 Å². The first-order chi connectivity index (χ1) is 22.0. The van der Waals surface area contributed by atoms with E-state index in [2.05, 4.69) is 148 Å². The van der Waals surface area contributed by atoms with Gasteiger partial charge in [0.15, 0.2) is 0 Å². The summed E-state index contributed by atoms with van der Waals surface area (Å²) < 4.78 is 3.34. The molecule has 0 radical (unpaired) electrons. The molecular weight excluding hydrogens is 715 g/mol. The maximum absolute atomic E-state index is 3.53. The molecule has 2 aliphatic rings. The molecule has 0 amide bonds. The summed E-state index contributed by atoms with van der Waals surface area (Å²) in [6.45, 7) is 26.6. The summed E-state index contributed by atoms with van der Waals surface area (Å²) in [6.07, 6.45) is 7.65. The van der Waals surface area contributed by atoms with Crippen LogP contribution in [-0.2, 0) is 41.5 Å². The molecular formula is C46H58Cl2Zr-4. The summed E-state index contributed by atoms with van der Waals surface area (Å²) in [6, 6.07) is 36.7. The van der Waals surface area contributed by atoms with Crippen LogP contribution < -0.4 is 0 Å². The molecule has 0 aromatic heterocycles. The van der Waals surface area contributed by atoms with E-state index in [1.54, 1.807) is 0 Å². The Labute approximate surface area is 328 Å². The quantitative estimate of drug-likeness (QED) is 0.138. The standard InChI is InChI=1S/C21H25.C10H15.2C7H7.CH2.2ClH.Zr/c1-20(2,3)16-9-7-14-11-15-8-10-17(21(4,5)6)13-19(15)18(14)12-16;1-8-6-5-7-9(8)10(2,3)4;2*1-7-5-3-2-4-6-7;;;;/h7,9-10,12-13H,11H2,1-6H3;6H,5H2,1-4H3;2*3-6H,1H3;1H2;2*1H;/q4*-1;;;;. The van der Waals surface area contributed by atoms with Crippen molar-refractivity contribution in [3.05, 3.63) is 154 Å². The number of hydrogen-bond donors (Lipinski definition) is 0. The van der Waals surface area contributed by atoms with Gasteiger partial charge in [-0.25, -0.2) is 11.1 Å². The van der Waals surface area contributed by atoms with E-state index in [1.807, 2.05) is 48.5 Å². The van der Waals surface area contributed by atoms with Gasteiger partial charge < -0.3 is 0 Å². The van der Waals surface area contributed by atoms with Crippen LogP contribution in [0.4, 0.5) is 0 Å². The molecule has 49 heavy (non-hydrogen) atoms. The van der Waals surface area contributed by atoms with Crippen molar-refractivity contribution in [2.75, 3.05) is 0 Å². The van der Waals surface area contributed by atoms with Crippen LogP contribution in [0, 0.1) is 43.5 Å². The number of benzene rings is 4. The van der Waals surface area contributed by atoms with Crippen LogP contribution >= 0.6 is 24.8 Å². The van der Waals surface area contributed by atoms with E-state index in [0.717, 1.165) is 12.8 Å². The number of fused-ring (bicyclic) bond motifs is 3. The van der Waals surface area contributed by atoms with Gasteiger partial charge in [0.05, 0.1) is 0 Å². The molecule has 0 bridgehead atoms. The Balaban J connectivity index is 0.000000688. The molecule has 4 aromatic carbocycles. The van der Waals surface area contributed by atoms with Gasteiger partial charge in [-0.15, -0.1) is 43.7 Å². The maximum atomic E-state index is 3.53. The van der Waals surface area contributed by atoms with Crippen molar-refractivity contribution < 1.29 is 24.2 Å². The van der Waals surface area contributed by atoms with E-state index in [9.17, 15) is 0 Å². The van der Waals surface area contributed by atoms with E-state index in [0.29, 0.717) is 0 Å².